The molecule has 0 atom stereocenters. The first-order valence-corrected chi connectivity index (χ1v) is 9.98. The zero-order chi connectivity index (χ0) is 20.8. The Labute approximate surface area is 175 Å². The average Bonchev–Trinajstić information content (AvgIpc) is 3.25. The second-order valence-electron chi connectivity index (χ2n) is 6.77. The average molecular weight is 401 g/mol. The van der Waals surface area contributed by atoms with E-state index in [9.17, 15) is 5.26 Å². The molecule has 30 heavy (non-hydrogen) atoms. The molecule has 7 heteroatoms. The maximum atomic E-state index is 9.91. The lowest BCUT2D eigenvalue weighted by molar-refractivity contribution is 0.122. The number of nitrogens with zero attached hydrogens (tertiary/aromatic N) is 5. The Balaban J connectivity index is 1.76. The number of para-hydroxylation sites is 1. The van der Waals surface area contributed by atoms with Crippen LogP contribution in [0.2, 0.25) is 0 Å². The topological polar surface area (TPSA) is 76.2 Å². The molecule has 0 unspecified atom stereocenters. The van der Waals surface area contributed by atoms with E-state index < -0.39 is 0 Å². The van der Waals surface area contributed by atoms with Crippen molar-refractivity contribution in [1.82, 2.24) is 14.8 Å². The Kier molecular flexibility index (Phi) is 6.06. The molecule has 2 heterocycles. The van der Waals surface area contributed by atoms with Gasteiger partial charge >= 0.3 is 0 Å². The number of rotatable bonds is 6. The third-order valence-electron chi connectivity index (χ3n) is 4.82. The SMILES string of the molecule is CCOc1ccc(C=C(C#N)c2nnc(N3CCOCC3)n2-c2ccccc2)cc1. The van der Waals surface area contributed by atoms with Gasteiger partial charge in [0.05, 0.1) is 31.1 Å². The summed E-state index contributed by atoms with van der Waals surface area (Å²) in [5, 5.41) is 18.7. The van der Waals surface area contributed by atoms with Crippen LogP contribution in [0, 0.1) is 11.3 Å². The molecule has 0 bridgehead atoms. The number of nitriles is 1. The van der Waals surface area contributed by atoms with E-state index in [1.807, 2.05) is 72.2 Å². The number of benzene rings is 2. The highest BCUT2D eigenvalue weighted by Gasteiger charge is 2.23. The molecule has 0 saturated carbocycles. The van der Waals surface area contributed by atoms with Crippen LogP contribution in [0.15, 0.2) is 54.6 Å². The molecule has 1 fully saturated rings. The van der Waals surface area contributed by atoms with Gasteiger partial charge in [0.1, 0.15) is 11.8 Å². The smallest absolute Gasteiger partial charge is 0.232 e. The molecule has 0 aliphatic carbocycles. The summed E-state index contributed by atoms with van der Waals surface area (Å²) in [5.41, 5.74) is 2.24. The zero-order valence-corrected chi connectivity index (χ0v) is 16.9. The number of morpholine rings is 1. The molecule has 1 aliphatic rings. The molecule has 7 nitrogen and oxygen atoms in total. The maximum Gasteiger partial charge on any atom is 0.232 e. The van der Waals surface area contributed by atoms with E-state index in [1.54, 1.807) is 0 Å². The third kappa shape index (κ3) is 4.19. The van der Waals surface area contributed by atoms with Crippen molar-refractivity contribution >= 4 is 17.6 Å². The molecule has 2 aromatic carbocycles. The minimum Gasteiger partial charge on any atom is -0.494 e. The van der Waals surface area contributed by atoms with Gasteiger partial charge in [0, 0.05) is 13.1 Å². The first-order chi connectivity index (χ1) is 14.8. The van der Waals surface area contributed by atoms with Gasteiger partial charge in [-0.25, -0.2) is 0 Å². The van der Waals surface area contributed by atoms with Crippen molar-refractivity contribution in [2.75, 3.05) is 37.8 Å². The molecule has 4 rings (SSSR count). The van der Waals surface area contributed by atoms with Gasteiger partial charge in [0.25, 0.3) is 0 Å². The van der Waals surface area contributed by atoms with Crippen molar-refractivity contribution in [2.45, 2.75) is 6.92 Å². The Hall–Kier alpha value is -3.63. The van der Waals surface area contributed by atoms with E-state index in [0.29, 0.717) is 37.2 Å². The predicted octanol–water partition coefficient (Wildman–Crippen LogP) is 3.57. The van der Waals surface area contributed by atoms with Crippen LogP contribution in [0.25, 0.3) is 17.3 Å². The van der Waals surface area contributed by atoms with Crippen LogP contribution in [0.1, 0.15) is 18.3 Å². The number of hydrogen-bond acceptors (Lipinski definition) is 6. The highest BCUT2D eigenvalue weighted by Crippen LogP contribution is 2.26. The van der Waals surface area contributed by atoms with Crippen molar-refractivity contribution < 1.29 is 9.47 Å². The Morgan fingerprint density at radius 3 is 2.50 bits per heavy atom. The highest BCUT2D eigenvalue weighted by atomic mass is 16.5. The van der Waals surface area contributed by atoms with Crippen LogP contribution in [0.3, 0.4) is 0 Å². The van der Waals surface area contributed by atoms with Crippen LogP contribution >= 0.6 is 0 Å². The Morgan fingerprint density at radius 2 is 1.83 bits per heavy atom. The van der Waals surface area contributed by atoms with Gasteiger partial charge in [0.2, 0.25) is 5.95 Å². The molecule has 0 N–H and O–H groups in total. The number of hydrogen-bond donors (Lipinski definition) is 0. The minimum absolute atomic E-state index is 0.440. The molecule has 1 aromatic heterocycles. The van der Waals surface area contributed by atoms with E-state index in [4.69, 9.17) is 9.47 Å². The van der Waals surface area contributed by atoms with Gasteiger partial charge in [-0.2, -0.15) is 5.26 Å². The highest BCUT2D eigenvalue weighted by molar-refractivity contribution is 5.88. The lowest BCUT2D eigenvalue weighted by Gasteiger charge is -2.28. The van der Waals surface area contributed by atoms with Gasteiger partial charge < -0.3 is 14.4 Å². The fraction of sp³-hybridized carbons (Fsp3) is 0.261. The maximum absolute atomic E-state index is 9.91. The normalized spacial score (nSPS) is 14.4. The molecular weight excluding hydrogens is 378 g/mol. The van der Waals surface area contributed by atoms with Gasteiger partial charge in [-0.3, -0.25) is 4.57 Å². The van der Waals surface area contributed by atoms with Crippen LogP contribution in [-0.4, -0.2) is 47.7 Å². The van der Waals surface area contributed by atoms with Gasteiger partial charge in [0.15, 0.2) is 5.82 Å². The summed E-state index contributed by atoms with van der Waals surface area (Å²) >= 11 is 0. The van der Waals surface area contributed by atoms with E-state index >= 15 is 0 Å². The monoisotopic (exact) mass is 401 g/mol. The summed E-state index contributed by atoms with van der Waals surface area (Å²) in [5.74, 6) is 2.03. The van der Waals surface area contributed by atoms with Crippen molar-refractivity contribution in [2.24, 2.45) is 0 Å². The molecule has 1 aliphatic heterocycles. The first kappa shape index (κ1) is 19.7. The summed E-state index contributed by atoms with van der Waals surface area (Å²) in [6.07, 6.45) is 1.82. The molecule has 3 aromatic rings. The van der Waals surface area contributed by atoms with E-state index in [-0.39, 0.29) is 0 Å². The largest absolute Gasteiger partial charge is 0.494 e. The van der Waals surface area contributed by atoms with Gasteiger partial charge in [-0.05, 0) is 42.8 Å². The van der Waals surface area contributed by atoms with Crippen LogP contribution < -0.4 is 9.64 Å². The van der Waals surface area contributed by atoms with Crippen molar-refractivity contribution in [3.8, 4) is 17.5 Å². The minimum atomic E-state index is 0.440. The van der Waals surface area contributed by atoms with E-state index in [0.717, 1.165) is 30.1 Å². The summed E-state index contributed by atoms with van der Waals surface area (Å²) in [4.78, 5) is 2.14. The third-order valence-corrected chi connectivity index (χ3v) is 4.82. The summed E-state index contributed by atoms with van der Waals surface area (Å²) in [6.45, 7) is 5.31. The number of allylic oxidation sites excluding steroid dienone is 1. The lowest BCUT2D eigenvalue weighted by Crippen LogP contribution is -2.38. The Morgan fingerprint density at radius 1 is 1.10 bits per heavy atom. The fourth-order valence-corrected chi connectivity index (χ4v) is 3.37. The van der Waals surface area contributed by atoms with Crippen molar-refractivity contribution in [1.29, 1.82) is 5.26 Å². The van der Waals surface area contributed by atoms with Crippen LogP contribution in [0.5, 0.6) is 5.75 Å². The quantitative estimate of drug-likeness (QED) is 0.588. The second kappa shape index (κ2) is 9.25. The molecule has 0 amide bonds. The fourth-order valence-electron chi connectivity index (χ4n) is 3.37. The van der Waals surface area contributed by atoms with Crippen LogP contribution in [-0.2, 0) is 4.74 Å². The molecule has 152 valence electrons. The van der Waals surface area contributed by atoms with Crippen molar-refractivity contribution in [3.05, 3.63) is 66.0 Å². The summed E-state index contributed by atoms with van der Waals surface area (Å²) in [7, 11) is 0. The molecular formula is C23H23N5O2. The summed E-state index contributed by atoms with van der Waals surface area (Å²) < 4.78 is 12.9. The summed E-state index contributed by atoms with van der Waals surface area (Å²) in [6, 6.07) is 19.8. The Bertz CT molecular complexity index is 1050. The second-order valence-corrected chi connectivity index (χ2v) is 6.77. The number of ether oxygens (including phenoxy) is 2. The van der Waals surface area contributed by atoms with Gasteiger partial charge in [-0.1, -0.05) is 30.3 Å². The predicted molar refractivity (Wildman–Crippen MR) is 115 cm³/mol. The first-order valence-electron chi connectivity index (χ1n) is 9.98. The zero-order valence-electron chi connectivity index (χ0n) is 16.9. The lowest BCUT2D eigenvalue weighted by atomic mass is 10.1. The van der Waals surface area contributed by atoms with E-state index in [1.165, 1.54) is 0 Å². The number of aromatic nitrogens is 3. The molecule has 0 spiro atoms. The van der Waals surface area contributed by atoms with E-state index in [2.05, 4.69) is 21.2 Å². The standard InChI is InChI=1S/C23H23N5O2/c1-2-30-21-10-8-18(9-11-21)16-19(17-24)22-25-26-23(27-12-14-29-15-13-27)28(22)20-6-4-3-5-7-20/h3-11,16H,2,12-15H2,1H3. The van der Waals surface area contributed by atoms with Crippen LogP contribution in [0.4, 0.5) is 5.95 Å². The number of anilines is 1. The molecule has 1 saturated heterocycles. The van der Waals surface area contributed by atoms with Gasteiger partial charge in [-0.15, -0.1) is 10.2 Å². The van der Waals surface area contributed by atoms with Crippen molar-refractivity contribution in [3.63, 3.8) is 0 Å². The molecule has 0 radical (unpaired) electrons.